The third kappa shape index (κ3) is 2.04. The number of carbonyl (C=O) groups is 1. The summed E-state index contributed by atoms with van der Waals surface area (Å²) in [7, 11) is 0. The number of halogens is 1. The van der Waals surface area contributed by atoms with Crippen molar-refractivity contribution in [3.8, 4) is 0 Å². The smallest absolute Gasteiger partial charge is 0.292 e. The van der Waals surface area contributed by atoms with Gasteiger partial charge in [-0.2, -0.15) is 0 Å². The van der Waals surface area contributed by atoms with Crippen LogP contribution in [0.25, 0.3) is 0 Å². The summed E-state index contributed by atoms with van der Waals surface area (Å²) in [4.78, 5) is 18.4. The van der Waals surface area contributed by atoms with Crippen LogP contribution in [0.2, 0.25) is 0 Å². The van der Waals surface area contributed by atoms with Crippen molar-refractivity contribution in [3.63, 3.8) is 0 Å². The van der Waals surface area contributed by atoms with Gasteiger partial charge in [0.1, 0.15) is 5.82 Å². The number of rotatable bonds is 3. The van der Waals surface area contributed by atoms with Crippen LogP contribution in [-0.4, -0.2) is 22.3 Å². The van der Waals surface area contributed by atoms with Crippen LogP contribution in [-0.2, 0) is 0 Å². The SMILES string of the molecule is O=C(c1ocnc1C1CC1)N1CCC1c1ccccc1F. The predicted octanol–water partition coefficient (Wildman–Crippen LogP) is 3.28. The van der Waals surface area contributed by atoms with Gasteiger partial charge in [0.15, 0.2) is 6.39 Å². The number of amides is 1. The molecule has 1 unspecified atom stereocenters. The van der Waals surface area contributed by atoms with Gasteiger partial charge >= 0.3 is 0 Å². The van der Waals surface area contributed by atoms with Crippen LogP contribution in [0.4, 0.5) is 4.39 Å². The van der Waals surface area contributed by atoms with E-state index in [0.717, 1.165) is 25.0 Å². The Hall–Kier alpha value is -2.17. The number of aromatic nitrogens is 1. The molecule has 1 atom stereocenters. The predicted molar refractivity (Wildman–Crippen MR) is 73.3 cm³/mol. The lowest BCUT2D eigenvalue weighted by atomic mass is 9.93. The second kappa shape index (κ2) is 4.69. The van der Waals surface area contributed by atoms with Gasteiger partial charge in [0.05, 0.1) is 11.7 Å². The first-order chi connectivity index (χ1) is 10.3. The molecule has 108 valence electrons. The topological polar surface area (TPSA) is 46.3 Å². The van der Waals surface area contributed by atoms with E-state index in [1.165, 1.54) is 12.5 Å². The number of carbonyl (C=O) groups excluding carboxylic acids is 1. The second-order valence-electron chi connectivity index (χ2n) is 5.67. The normalized spacial score (nSPS) is 21.2. The van der Waals surface area contributed by atoms with E-state index >= 15 is 0 Å². The fraction of sp³-hybridized carbons (Fsp3) is 0.375. The molecule has 2 aliphatic rings. The van der Waals surface area contributed by atoms with Crippen molar-refractivity contribution in [1.82, 2.24) is 9.88 Å². The number of likely N-dealkylation sites (tertiary alicyclic amines) is 1. The summed E-state index contributed by atoms with van der Waals surface area (Å²) < 4.78 is 19.2. The molecule has 1 saturated heterocycles. The van der Waals surface area contributed by atoms with E-state index in [1.54, 1.807) is 23.1 Å². The number of hydrogen-bond acceptors (Lipinski definition) is 3. The fourth-order valence-corrected chi connectivity index (χ4v) is 2.89. The highest BCUT2D eigenvalue weighted by atomic mass is 19.1. The minimum atomic E-state index is -0.264. The maximum atomic E-state index is 13.9. The number of oxazole rings is 1. The van der Waals surface area contributed by atoms with Gasteiger partial charge in [-0.3, -0.25) is 4.79 Å². The van der Waals surface area contributed by atoms with Crippen molar-refractivity contribution in [1.29, 1.82) is 0 Å². The molecular weight excluding hydrogens is 271 g/mol. The van der Waals surface area contributed by atoms with Crippen molar-refractivity contribution >= 4 is 5.91 Å². The van der Waals surface area contributed by atoms with E-state index in [0.29, 0.717) is 23.8 Å². The maximum Gasteiger partial charge on any atom is 0.292 e. The van der Waals surface area contributed by atoms with E-state index in [2.05, 4.69) is 4.98 Å². The zero-order valence-corrected chi connectivity index (χ0v) is 11.5. The molecule has 2 fully saturated rings. The Bertz CT molecular complexity index is 693. The number of hydrogen-bond donors (Lipinski definition) is 0. The largest absolute Gasteiger partial charge is 0.438 e. The molecule has 0 N–H and O–H groups in total. The minimum Gasteiger partial charge on any atom is -0.438 e. The van der Waals surface area contributed by atoms with Crippen molar-refractivity contribution in [2.24, 2.45) is 0 Å². The summed E-state index contributed by atoms with van der Waals surface area (Å²) in [5.41, 5.74) is 1.34. The van der Waals surface area contributed by atoms with Crippen LogP contribution in [0.5, 0.6) is 0 Å². The van der Waals surface area contributed by atoms with Crippen molar-refractivity contribution in [3.05, 3.63) is 53.5 Å². The first-order valence-corrected chi connectivity index (χ1v) is 7.24. The Balaban J connectivity index is 1.60. The van der Waals surface area contributed by atoms with Gasteiger partial charge in [-0.15, -0.1) is 0 Å². The summed E-state index contributed by atoms with van der Waals surface area (Å²) in [6, 6.07) is 6.42. The third-order valence-electron chi connectivity index (χ3n) is 4.30. The first kappa shape index (κ1) is 12.6. The molecule has 0 spiro atoms. The highest BCUT2D eigenvalue weighted by molar-refractivity contribution is 5.93. The lowest BCUT2D eigenvalue weighted by Crippen LogP contribution is -2.45. The molecule has 1 aromatic carbocycles. The van der Waals surface area contributed by atoms with Crippen molar-refractivity contribution in [2.45, 2.75) is 31.2 Å². The van der Waals surface area contributed by atoms with Gasteiger partial charge in [-0.1, -0.05) is 18.2 Å². The molecule has 5 heteroatoms. The molecule has 2 aromatic rings. The van der Waals surface area contributed by atoms with Crippen LogP contribution in [0.15, 0.2) is 35.1 Å². The molecule has 1 amide bonds. The molecular formula is C16H15FN2O2. The highest BCUT2D eigenvalue weighted by Gasteiger charge is 2.40. The van der Waals surface area contributed by atoms with Gasteiger partial charge < -0.3 is 9.32 Å². The van der Waals surface area contributed by atoms with Gasteiger partial charge in [0.2, 0.25) is 5.76 Å². The van der Waals surface area contributed by atoms with Gasteiger partial charge in [-0.05, 0) is 25.3 Å². The summed E-state index contributed by atoms with van der Waals surface area (Å²) in [5, 5.41) is 0. The number of benzene rings is 1. The zero-order valence-electron chi connectivity index (χ0n) is 11.5. The van der Waals surface area contributed by atoms with E-state index in [9.17, 15) is 9.18 Å². The summed E-state index contributed by atoms with van der Waals surface area (Å²) in [6.45, 7) is 0.628. The van der Waals surface area contributed by atoms with Crippen LogP contribution < -0.4 is 0 Å². The Morgan fingerprint density at radius 2 is 2.10 bits per heavy atom. The summed E-state index contributed by atoms with van der Waals surface area (Å²) in [5.74, 6) is 0.253. The highest BCUT2D eigenvalue weighted by Crippen LogP contribution is 2.42. The van der Waals surface area contributed by atoms with Crippen molar-refractivity contribution < 1.29 is 13.6 Å². The Morgan fingerprint density at radius 3 is 2.76 bits per heavy atom. The van der Waals surface area contributed by atoms with Crippen LogP contribution in [0.3, 0.4) is 0 Å². The van der Waals surface area contributed by atoms with Crippen LogP contribution in [0.1, 0.15) is 53.0 Å². The summed E-state index contributed by atoms with van der Waals surface area (Å²) >= 11 is 0. The quantitative estimate of drug-likeness (QED) is 0.870. The molecule has 1 saturated carbocycles. The molecule has 4 rings (SSSR count). The Kier molecular flexibility index (Phi) is 2.80. The first-order valence-electron chi connectivity index (χ1n) is 7.24. The van der Waals surface area contributed by atoms with Crippen molar-refractivity contribution in [2.75, 3.05) is 6.54 Å². The molecule has 0 radical (unpaired) electrons. The molecule has 1 aromatic heterocycles. The molecule has 2 heterocycles. The lowest BCUT2D eigenvalue weighted by molar-refractivity contribution is 0.0419. The fourth-order valence-electron chi connectivity index (χ4n) is 2.89. The standard InChI is InChI=1S/C16H15FN2O2/c17-12-4-2-1-3-11(12)13-7-8-19(13)16(20)15-14(10-5-6-10)18-9-21-15/h1-4,9-10,13H,5-8H2. The number of nitrogens with zero attached hydrogens (tertiary/aromatic N) is 2. The maximum absolute atomic E-state index is 13.9. The van der Waals surface area contributed by atoms with E-state index in [-0.39, 0.29) is 17.8 Å². The average molecular weight is 286 g/mol. The van der Waals surface area contributed by atoms with E-state index < -0.39 is 0 Å². The Labute approximate surface area is 121 Å². The molecule has 1 aliphatic heterocycles. The van der Waals surface area contributed by atoms with E-state index in [1.807, 2.05) is 0 Å². The molecule has 1 aliphatic carbocycles. The van der Waals surface area contributed by atoms with Crippen LogP contribution in [0, 0.1) is 5.82 Å². The average Bonchev–Trinajstić information content (AvgIpc) is 3.17. The second-order valence-corrected chi connectivity index (χ2v) is 5.67. The monoisotopic (exact) mass is 286 g/mol. The molecule has 0 bridgehead atoms. The Morgan fingerprint density at radius 1 is 1.29 bits per heavy atom. The third-order valence-corrected chi connectivity index (χ3v) is 4.30. The molecule has 21 heavy (non-hydrogen) atoms. The zero-order chi connectivity index (χ0) is 14.4. The minimum absolute atomic E-state index is 0.172. The van der Waals surface area contributed by atoms with Gasteiger partial charge in [-0.25, -0.2) is 9.37 Å². The molecule has 4 nitrogen and oxygen atoms in total. The lowest BCUT2D eigenvalue weighted by Gasteiger charge is -2.40. The van der Waals surface area contributed by atoms with Crippen LogP contribution >= 0.6 is 0 Å². The van der Waals surface area contributed by atoms with E-state index in [4.69, 9.17) is 4.42 Å². The van der Waals surface area contributed by atoms with Gasteiger partial charge in [0.25, 0.3) is 5.91 Å². The summed E-state index contributed by atoms with van der Waals surface area (Å²) in [6.07, 6.45) is 4.23. The van der Waals surface area contributed by atoms with Gasteiger partial charge in [0, 0.05) is 18.0 Å².